The average Bonchev–Trinajstić information content (AvgIpc) is 4.07. The van der Waals surface area contributed by atoms with Gasteiger partial charge < -0.3 is 101 Å². The molecule has 2 saturated carbocycles. The molecule has 0 radical (unpaired) electrons. The van der Waals surface area contributed by atoms with Gasteiger partial charge in [0.05, 0.1) is 80.2 Å². The molecule has 8 aliphatic heterocycles. The fraction of sp³-hybridized carbons (Fsp3) is 0.963. The van der Waals surface area contributed by atoms with Gasteiger partial charge in [0.1, 0.15) is 48.8 Å². The first-order chi connectivity index (χ1) is 35.8. The largest absolute Gasteiger partial charge is 0.394 e. The quantitative estimate of drug-likeness (QED) is 0.157. The smallest absolute Gasteiger partial charge is 0.187 e. The fourth-order valence-electron chi connectivity index (χ4n) is 16.1. The van der Waals surface area contributed by atoms with Crippen LogP contribution < -0.4 is 0 Å². The third-order valence-corrected chi connectivity index (χ3v) is 20.0. The van der Waals surface area contributed by atoms with Gasteiger partial charge in [-0.3, -0.25) is 0 Å². The van der Waals surface area contributed by atoms with E-state index in [1.807, 2.05) is 13.8 Å². The molecule has 0 amide bonds. The van der Waals surface area contributed by atoms with Crippen LogP contribution in [0.1, 0.15) is 113 Å². The highest BCUT2D eigenvalue weighted by Crippen LogP contribution is 2.76. The molecule has 11 rings (SSSR count). The summed E-state index contributed by atoms with van der Waals surface area (Å²) in [5.74, 6) is -0.0949. The zero-order valence-corrected chi connectivity index (χ0v) is 45.3. The monoisotopic (exact) mass is 1070 g/mol. The van der Waals surface area contributed by atoms with Gasteiger partial charge in [-0.15, -0.1) is 0 Å². The Labute approximate surface area is 440 Å². The molecule has 5 N–H and O–H groups in total. The normalized spacial score (nSPS) is 56.5. The van der Waals surface area contributed by atoms with Gasteiger partial charge in [-0.05, 0) is 84.5 Å². The van der Waals surface area contributed by atoms with Crippen LogP contribution in [-0.4, -0.2) is 213 Å². The Kier molecular flexibility index (Phi) is 15.9. The van der Waals surface area contributed by atoms with Crippen LogP contribution in [0.15, 0.2) is 11.6 Å². The molecule has 2 bridgehead atoms. The maximum atomic E-state index is 11.5. The van der Waals surface area contributed by atoms with Crippen LogP contribution in [0.3, 0.4) is 0 Å². The van der Waals surface area contributed by atoms with Crippen molar-refractivity contribution in [2.45, 2.75) is 266 Å². The van der Waals surface area contributed by atoms with Crippen molar-refractivity contribution in [1.82, 2.24) is 0 Å². The summed E-state index contributed by atoms with van der Waals surface area (Å²) < 4.78 is 101. The second-order valence-electron chi connectivity index (χ2n) is 24.3. The molecule has 428 valence electrons. The van der Waals surface area contributed by atoms with Crippen molar-refractivity contribution in [3.8, 4) is 0 Å². The van der Waals surface area contributed by atoms with Crippen LogP contribution in [0.25, 0.3) is 0 Å². The molecular formula is C54H86O21. The van der Waals surface area contributed by atoms with E-state index in [2.05, 4.69) is 26.8 Å². The Morgan fingerprint density at radius 3 is 1.72 bits per heavy atom. The summed E-state index contributed by atoms with van der Waals surface area (Å²) in [6, 6.07) is 0. The molecule has 0 aromatic rings. The number of ether oxygens (including phenoxy) is 16. The second kappa shape index (κ2) is 21.3. The molecule has 0 aromatic carbocycles. The van der Waals surface area contributed by atoms with E-state index in [1.165, 1.54) is 19.1 Å². The molecule has 21 heteroatoms. The van der Waals surface area contributed by atoms with Gasteiger partial charge in [0.15, 0.2) is 43.0 Å². The predicted molar refractivity (Wildman–Crippen MR) is 258 cm³/mol. The Hall–Kier alpha value is -1.10. The fourth-order valence-corrected chi connectivity index (χ4v) is 16.1. The van der Waals surface area contributed by atoms with E-state index in [4.69, 9.17) is 75.8 Å². The van der Waals surface area contributed by atoms with Crippen LogP contribution in [0.5, 0.6) is 0 Å². The number of aliphatic hydroxyl groups excluding tert-OH is 5. The lowest BCUT2D eigenvalue weighted by Gasteiger charge is -2.59. The third kappa shape index (κ3) is 9.55. The Morgan fingerprint density at radius 2 is 1.16 bits per heavy atom. The summed E-state index contributed by atoms with van der Waals surface area (Å²) >= 11 is 0. The van der Waals surface area contributed by atoms with Crippen molar-refractivity contribution in [2.24, 2.45) is 28.6 Å². The first-order valence-electron chi connectivity index (χ1n) is 27.9. The van der Waals surface area contributed by atoms with E-state index in [-0.39, 0.29) is 54.0 Å². The number of fused-ring (bicyclic) bond motifs is 3. The van der Waals surface area contributed by atoms with Crippen LogP contribution in [0.2, 0.25) is 0 Å². The maximum Gasteiger partial charge on any atom is 0.187 e. The number of rotatable bonds is 14. The van der Waals surface area contributed by atoms with Gasteiger partial charge >= 0.3 is 0 Å². The molecule has 30 atom stereocenters. The summed E-state index contributed by atoms with van der Waals surface area (Å²) in [7, 11) is 4.83. The van der Waals surface area contributed by atoms with Gasteiger partial charge in [-0.25, -0.2) is 0 Å². The van der Waals surface area contributed by atoms with Crippen LogP contribution >= 0.6 is 0 Å². The van der Waals surface area contributed by atoms with E-state index in [0.717, 1.165) is 32.1 Å². The lowest BCUT2D eigenvalue weighted by Crippen LogP contribution is -2.62. The van der Waals surface area contributed by atoms with E-state index >= 15 is 0 Å². The van der Waals surface area contributed by atoms with Gasteiger partial charge in [-0.1, -0.05) is 25.5 Å². The highest BCUT2D eigenvalue weighted by atomic mass is 16.8. The molecule has 8 heterocycles. The first kappa shape index (κ1) is 55.8. The lowest BCUT2D eigenvalue weighted by atomic mass is 9.48. The highest BCUT2D eigenvalue weighted by molar-refractivity contribution is 5.30. The number of allylic oxidation sites excluding steroid dienone is 1. The molecule has 3 aliphatic carbocycles. The Bertz CT molecular complexity index is 2010. The standard InChI is InChI=1S/C54H86O21/c1-24-45(70-40-21-35(62-10)48(27(4)67-40)73-50-44(59)43(58)42(57)36(22-55)69-50)32(56)18-38(64-24)71-46-26(3)66-41(20-34(46)61-9)72-47-25(2)65-39(19-33(47)60-8)68-29-13-15-51(5)28(17-29)11-12-31-30(51)14-16-52(6)49-37-23-63-53(49,7)75-54(31,52)74-37/h11,24-27,29-50,55-59H,12-23H2,1-10H3/t24-,25-,26-,27-,29+,30+,31-,32-,33+,34+,35-,36-,37-,38+,39+,40+,41+,42-,43+,44-,45-,46-,47-,48-,49+,50+,51+,52-,53+,54+/m1/s1. The topological polar surface area (TPSA) is 249 Å². The zero-order valence-electron chi connectivity index (χ0n) is 45.3. The predicted octanol–water partition coefficient (Wildman–Crippen LogP) is 2.70. The molecule has 75 heavy (non-hydrogen) atoms. The first-order valence-corrected chi connectivity index (χ1v) is 27.9. The van der Waals surface area contributed by atoms with Crippen LogP contribution in [0, 0.1) is 28.6 Å². The summed E-state index contributed by atoms with van der Waals surface area (Å²) in [4.78, 5) is 0. The van der Waals surface area contributed by atoms with Gasteiger partial charge in [0, 0.05) is 58.3 Å². The van der Waals surface area contributed by atoms with Gasteiger partial charge in [0.25, 0.3) is 0 Å². The maximum absolute atomic E-state index is 11.5. The molecule has 0 aromatic heterocycles. The van der Waals surface area contributed by atoms with Crippen molar-refractivity contribution in [2.75, 3.05) is 34.5 Å². The lowest BCUT2D eigenvalue weighted by molar-refractivity contribution is -0.359. The van der Waals surface area contributed by atoms with Crippen molar-refractivity contribution in [3.63, 3.8) is 0 Å². The summed E-state index contributed by atoms with van der Waals surface area (Å²) in [6.45, 7) is 14.5. The molecule has 0 unspecified atom stereocenters. The average molecular weight is 1070 g/mol. The van der Waals surface area contributed by atoms with Crippen molar-refractivity contribution in [1.29, 1.82) is 0 Å². The van der Waals surface area contributed by atoms with Crippen molar-refractivity contribution in [3.05, 3.63) is 11.6 Å². The van der Waals surface area contributed by atoms with Crippen LogP contribution in [0.4, 0.5) is 0 Å². The molecule has 8 saturated heterocycles. The zero-order chi connectivity index (χ0) is 53.1. The third-order valence-electron chi connectivity index (χ3n) is 20.0. The highest BCUT2D eigenvalue weighted by Gasteiger charge is 2.83. The number of aliphatic hydroxyl groups is 5. The summed E-state index contributed by atoms with van der Waals surface area (Å²) in [6.07, 6.45) is -7.07. The molecule has 10 fully saturated rings. The summed E-state index contributed by atoms with van der Waals surface area (Å²) in [5.41, 5.74) is 1.51. The minimum atomic E-state index is -1.60. The van der Waals surface area contributed by atoms with Gasteiger partial charge in [-0.2, -0.15) is 0 Å². The van der Waals surface area contributed by atoms with Crippen molar-refractivity contribution < 1.29 is 101 Å². The minimum Gasteiger partial charge on any atom is -0.394 e. The Balaban J connectivity index is 0.645. The number of methoxy groups -OCH3 is 3. The van der Waals surface area contributed by atoms with Crippen molar-refractivity contribution >= 4 is 0 Å². The molecular weight excluding hydrogens is 985 g/mol. The Morgan fingerprint density at radius 1 is 0.613 bits per heavy atom. The van der Waals surface area contributed by atoms with E-state index in [0.29, 0.717) is 31.3 Å². The number of hydrogen-bond acceptors (Lipinski definition) is 21. The molecule has 21 nitrogen and oxygen atoms in total. The second-order valence-corrected chi connectivity index (χ2v) is 24.3. The minimum absolute atomic E-state index is 0.0286. The SMILES string of the molecule is CO[C@H]1C[C@H](O[C@H]2CC[C@@]3(C)C(=CC[C@@H]4[C@@H]3CC[C@]3(C)[C@@H]5[C@H]6CO[C@@]5(C)O[C@@]43O6)C2)O[C@H](C)[C@H]1O[C@H]1C[C@H](OC)[C@H](O[C@H]2C[C@@H](O)[C@H](O[C@H]3C[C@@H](OC)[C@H](O[C@@H]4O[C@H](CO)[C@@H](O)[C@H](O)[C@H]4O)[C@@H](C)O3)[C@@H](C)O2)[C@@H](C)O1. The molecule has 11 aliphatic rings. The van der Waals surface area contributed by atoms with E-state index < -0.39 is 135 Å². The number of hydrogen-bond donors (Lipinski definition) is 5. The van der Waals surface area contributed by atoms with E-state index in [1.54, 1.807) is 28.1 Å². The molecule has 0 spiro atoms. The van der Waals surface area contributed by atoms with E-state index in [9.17, 15) is 25.5 Å². The summed E-state index contributed by atoms with van der Waals surface area (Å²) in [5, 5.41) is 52.2. The van der Waals surface area contributed by atoms with Gasteiger partial charge in [0.2, 0.25) is 0 Å². The van der Waals surface area contributed by atoms with Crippen LogP contribution in [-0.2, 0) is 75.8 Å².